The quantitative estimate of drug-likeness (QED) is 0.894. The molecule has 0 aliphatic heterocycles. The maximum absolute atomic E-state index is 5.39. The lowest BCUT2D eigenvalue weighted by molar-refractivity contribution is 0.342. The van der Waals surface area contributed by atoms with E-state index in [1.54, 1.807) is 0 Å². The van der Waals surface area contributed by atoms with Gasteiger partial charge in [-0.3, -0.25) is 0 Å². The molecule has 0 aliphatic rings. The van der Waals surface area contributed by atoms with Gasteiger partial charge in [0.25, 0.3) is 0 Å². The summed E-state index contributed by atoms with van der Waals surface area (Å²) in [5.41, 5.74) is 5.33. The van der Waals surface area contributed by atoms with Crippen LogP contribution in [0.4, 0.5) is 6.01 Å². The van der Waals surface area contributed by atoms with Gasteiger partial charge in [0, 0.05) is 0 Å². The Morgan fingerprint density at radius 2 is 2.25 bits per heavy atom. The van der Waals surface area contributed by atoms with Gasteiger partial charge < -0.3 is 15.0 Å². The van der Waals surface area contributed by atoms with Gasteiger partial charge in [-0.25, -0.2) is 0 Å². The number of rotatable bonds is 3. The van der Waals surface area contributed by atoms with E-state index in [2.05, 4.69) is 14.7 Å². The smallest absolute Gasteiger partial charge is 0.319 e. The molecular formula is C10H15N3O2S. The number of nitrogens with zero attached hydrogens (tertiary/aromatic N) is 2. The van der Waals surface area contributed by atoms with E-state index in [1.807, 2.05) is 32.2 Å². The Balaban J connectivity index is 0.000000606. The molecule has 0 spiro atoms. The molecule has 0 fully saturated rings. The summed E-state index contributed by atoms with van der Waals surface area (Å²) >= 11 is 1.49. The van der Waals surface area contributed by atoms with Crippen molar-refractivity contribution in [2.24, 2.45) is 0 Å². The van der Waals surface area contributed by atoms with Crippen molar-refractivity contribution >= 4 is 17.4 Å². The van der Waals surface area contributed by atoms with E-state index in [-0.39, 0.29) is 6.01 Å². The molecule has 2 aromatic rings. The number of ether oxygens (including phenoxy) is 1. The van der Waals surface area contributed by atoms with Crippen LogP contribution in [-0.2, 0) is 0 Å². The summed E-state index contributed by atoms with van der Waals surface area (Å²) in [4.78, 5) is 4.77. The van der Waals surface area contributed by atoms with Crippen molar-refractivity contribution in [2.75, 3.05) is 12.3 Å². The maximum Gasteiger partial charge on any atom is 0.319 e. The Morgan fingerprint density at radius 1 is 1.50 bits per heavy atom. The number of aromatic nitrogens is 2. The van der Waals surface area contributed by atoms with Crippen molar-refractivity contribution in [2.45, 2.75) is 20.8 Å². The van der Waals surface area contributed by atoms with Gasteiger partial charge in [-0.15, -0.1) is 11.3 Å². The van der Waals surface area contributed by atoms with Crippen LogP contribution >= 0.6 is 11.3 Å². The molecule has 2 aromatic heterocycles. The summed E-state index contributed by atoms with van der Waals surface area (Å²) in [6.07, 6.45) is 0. The highest BCUT2D eigenvalue weighted by Gasteiger charge is 2.13. The fourth-order valence-electron chi connectivity index (χ4n) is 1.06. The summed E-state index contributed by atoms with van der Waals surface area (Å²) in [7, 11) is 0. The molecule has 2 heterocycles. The average molecular weight is 241 g/mol. The third-order valence-corrected chi connectivity index (χ3v) is 2.47. The van der Waals surface area contributed by atoms with Gasteiger partial charge in [0.1, 0.15) is 10.6 Å². The van der Waals surface area contributed by atoms with E-state index in [1.165, 1.54) is 11.3 Å². The summed E-state index contributed by atoms with van der Waals surface area (Å²) < 4.78 is 10.1. The first kappa shape index (κ1) is 12.5. The molecule has 6 heteroatoms. The van der Waals surface area contributed by atoms with Crippen molar-refractivity contribution in [3.8, 4) is 16.5 Å². The van der Waals surface area contributed by atoms with Crippen LogP contribution in [0.2, 0.25) is 0 Å². The molecule has 0 unspecified atom stereocenters. The molecule has 2 rings (SSSR count). The lowest BCUT2D eigenvalue weighted by atomic mass is 10.4. The minimum Gasteiger partial charge on any atom is -0.492 e. The lowest BCUT2D eigenvalue weighted by Gasteiger charge is -1.99. The standard InChI is InChI=1S/C8H9N3O2S.C2H6/c1-2-12-5-3-4-14-6(5)7-10-8(9)13-11-7;1-2/h3-4H,2H2,1H3,(H2,9,10,11);1-2H3. The van der Waals surface area contributed by atoms with Gasteiger partial charge in [-0.1, -0.05) is 19.0 Å². The number of nitrogens with two attached hydrogens (primary N) is 1. The van der Waals surface area contributed by atoms with Gasteiger partial charge in [0.15, 0.2) is 0 Å². The van der Waals surface area contributed by atoms with E-state index < -0.39 is 0 Å². The van der Waals surface area contributed by atoms with Gasteiger partial charge in [0.2, 0.25) is 5.82 Å². The zero-order valence-corrected chi connectivity index (χ0v) is 10.4. The second-order valence-corrected chi connectivity index (χ2v) is 3.42. The highest BCUT2D eigenvalue weighted by Crippen LogP contribution is 2.33. The average Bonchev–Trinajstić information content (AvgIpc) is 2.90. The molecule has 88 valence electrons. The normalized spacial score (nSPS) is 9.44. The van der Waals surface area contributed by atoms with Crippen LogP contribution in [0.3, 0.4) is 0 Å². The molecular weight excluding hydrogens is 226 g/mol. The molecule has 0 saturated heterocycles. The van der Waals surface area contributed by atoms with Crippen LogP contribution in [0.15, 0.2) is 16.0 Å². The number of hydrogen-bond acceptors (Lipinski definition) is 6. The molecule has 0 amide bonds. The van der Waals surface area contributed by atoms with Crippen LogP contribution in [0.1, 0.15) is 20.8 Å². The van der Waals surface area contributed by atoms with Crippen molar-refractivity contribution in [3.05, 3.63) is 11.4 Å². The fraction of sp³-hybridized carbons (Fsp3) is 0.400. The Hall–Kier alpha value is -1.56. The van der Waals surface area contributed by atoms with Crippen molar-refractivity contribution in [3.63, 3.8) is 0 Å². The summed E-state index contributed by atoms with van der Waals surface area (Å²) in [5, 5.41) is 5.63. The highest BCUT2D eigenvalue weighted by atomic mass is 32.1. The lowest BCUT2D eigenvalue weighted by Crippen LogP contribution is -1.91. The van der Waals surface area contributed by atoms with Crippen molar-refractivity contribution < 1.29 is 9.26 Å². The Morgan fingerprint density at radius 3 is 2.81 bits per heavy atom. The molecule has 5 nitrogen and oxygen atoms in total. The third-order valence-electron chi connectivity index (χ3n) is 1.57. The molecule has 2 N–H and O–H groups in total. The molecule has 0 aliphatic carbocycles. The fourth-order valence-corrected chi connectivity index (χ4v) is 1.82. The van der Waals surface area contributed by atoms with Crippen LogP contribution < -0.4 is 10.5 Å². The Labute approximate surface area is 98.2 Å². The van der Waals surface area contributed by atoms with Gasteiger partial charge >= 0.3 is 6.01 Å². The van der Waals surface area contributed by atoms with Crippen LogP contribution in [-0.4, -0.2) is 16.7 Å². The van der Waals surface area contributed by atoms with Crippen LogP contribution in [0.25, 0.3) is 10.7 Å². The van der Waals surface area contributed by atoms with E-state index >= 15 is 0 Å². The number of hydrogen-bond donors (Lipinski definition) is 1. The predicted octanol–water partition coefficient (Wildman–Crippen LogP) is 2.81. The van der Waals surface area contributed by atoms with E-state index in [9.17, 15) is 0 Å². The zero-order valence-electron chi connectivity index (χ0n) is 9.56. The molecule has 0 atom stereocenters. The SMILES string of the molecule is CC.CCOc1ccsc1-c1noc(N)n1. The van der Waals surface area contributed by atoms with Crippen molar-refractivity contribution in [1.29, 1.82) is 0 Å². The molecule has 0 aromatic carbocycles. The zero-order chi connectivity index (χ0) is 12.0. The highest BCUT2D eigenvalue weighted by molar-refractivity contribution is 7.13. The van der Waals surface area contributed by atoms with Crippen LogP contribution in [0.5, 0.6) is 5.75 Å². The molecule has 0 radical (unpaired) electrons. The number of nitrogen functional groups attached to an aromatic ring is 1. The summed E-state index contributed by atoms with van der Waals surface area (Å²) in [5.74, 6) is 1.24. The first-order valence-corrected chi connectivity index (χ1v) is 5.99. The summed E-state index contributed by atoms with van der Waals surface area (Å²) in [6.45, 7) is 6.53. The minimum atomic E-state index is 0.0656. The second kappa shape index (κ2) is 6.12. The molecule has 16 heavy (non-hydrogen) atoms. The van der Waals surface area contributed by atoms with E-state index in [0.29, 0.717) is 12.4 Å². The molecule has 0 saturated carbocycles. The van der Waals surface area contributed by atoms with E-state index in [4.69, 9.17) is 10.5 Å². The minimum absolute atomic E-state index is 0.0656. The number of thiophene rings is 1. The van der Waals surface area contributed by atoms with Crippen molar-refractivity contribution in [1.82, 2.24) is 10.1 Å². The van der Waals surface area contributed by atoms with Gasteiger partial charge in [0.05, 0.1) is 6.61 Å². The number of anilines is 1. The first-order valence-electron chi connectivity index (χ1n) is 5.11. The van der Waals surface area contributed by atoms with Crippen LogP contribution in [0, 0.1) is 0 Å². The van der Waals surface area contributed by atoms with Gasteiger partial charge in [-0.05, 0) is 18.4 Å². The van der Waals surface area contributed by atoms with Gasteiger partial charge in [-0.2, -0.15) is 4.98 Å². The Bertz CT molecular complexity index is 425. The second-order valence-electron chi connectivity index (χ2n) is 2.50. The largest absolute Gasteiger partial charge is 0.492 e. The third kappa shape index (κ3) is 2.73. The topological polar surface area (TPSA) is 74.2 Å². The first-order chi connectivity index (χ1) is 7.81. The monoisotopic (exact) mass is 241 g/mol. The maximum atomic E-state index is 5.39. The molecule has 0 bridgehead atoms. The van der Waals surface area contributed by atoms with E-state index in [0.717, 1.165) is 10.6 Å². The predicted molar refractivity (Wildman–Crippen MR) is 64.5 cm³/mol. The summed E-state index contributed by atoms with van der Waals surface area (Å²) in [6, 6.07) is 1.94. The Kier molecular flexibility index (Phi) is 4.78.